The summed E-state index contributed by atoms with van der Waals surface area (Å²) in [6.07, 6.45) is 1.47. The average Bonchev–Trinajstić information content (AvgIpc) is 3.18. The fraction of sp³-hybridized carbons (Fsp3) is 0.263. The number of halogens is 1. The summed E-state index contributed by atoms with van der Waals surface area (Å²) in [6.45, 7) is 1.79. The van der Waals surface area contributed by atoms with E-state index in [0.29, 0.717) is 27.2 Å². The average molecular weight is 461 g/mol. The third-order valence-corrected chi connectivity index (χ3v) is 4.96. The molecule has 0 saturated carbocycles. The zero-order valence-electron chi connectivity index (χ0n) is 15.7. The van der Waals surface area contributed by atoms with E-state index >= 15 is 0 Å². The van der Waals surface area contributed by atoms with Gasteiger partial charge in [0.1, 0.15) is 11.6 Å². The second-order valence-corrected chi connectivity index (χ2v) is 6.70. The third-order valence-electron chi connectivity index (χ3n) is 3.91. The standard InChI is InChI=1S/C19H17BrN4O5/c1-11-18(20)14(8-26-2)13(6-21)19(23-11)27-9-17(25)24-22-7-12-3-4-15-16(5-12)29-10-28-15/h3-5,7H,8-10H2,1-2H3,(H,24,25)/b22-7-. The van der Waals surface area contributed by atoms with E-state index in [9.17, 15) is 10.1 Å². The number of carbonyl (C=O) groups is 1. The molecule has 0 spiro atoms. The number of benzene rings is 1. The van der Waals surface area contributed by atoms with Crippen LogP contribution in [0.25, 0.3) is 0 Å². The lowest BCUT2D eigenvalue weighted by Crippen LogP contribution is -2.25. The zero-order chi connectivity index (χ0) is 20.8. The number of nitriles is 1. The smallest absolute Gasteiger partial charge is 0.278 e. The summed E-state index contributed by atoms with van der Waals surface area (Å²) in [5.74, 6) is 0.853. The van der Waals surface area contributed by atoms with E-state index in [-0.39, 0.29) is 31.5 Å². The van der Waals surface area contributed by atoms with Gasteiger partial charge in [0, 0.05) is 17.1 Å². The van der Waals surface area contributed by atoms with Crippen molar-refractivity contribution in [3.8, 4) is 23.4 Å². The topological polar surface area (TPSA) is 115 Å². The van der Waals surface area contributed by atoms with Gasteiger partial charge >= 0.3 is 0 Å². The molecule has 0 bridgehead atoms. The summed E-state index contributed by atoms with van der Waals surface area (Å²) in [5.41, 5.74) is 4.53. The number of pyridine rings is 1. The number of methoxy groups -OCH3 is 1. The van der Waals surface area contributed by atoms with E-state index in [1.165, 1.54) is 13.3 Å². The van der Waals surface area contributed by atoms with Crippen molar-refractivity contribution < 1.29 is 23.7 Å². The molecule has 2 aromatic rings. The molecule has 29 heavy (non-hydrogen) atoms. The number of aromatic nitrogens is 1. The van der Waals surface area contributed by atoms with Gasteiger partial charge in [-0.25, -0.2) is 10.4 Å². The van der Waals surface area contributed by atoms with Gasteiger partial charge in [0.2, 0.25) is 12.7 Å². The minimum absolute atomic E-state index is 0.0650. The molecule has 2 heterocycles. The van der Waals surface area contributed by atoms with Crippen LogP contribution in [0.5, 0.6) is 17.4 Å². The molecule has 1 aromatic carbocycles. The Morgan fingerprint density at radius 2 is 2.24 bits per heavy atom. The number of aryl methyl sites for hydroxylation is 1. The van der Waals surface area contributed by atoms with Gasteiger partial charge < -0.3 is 18.9 Å². The molecule has 10 heteroatoms. The number of hydrazone groups is 1. The highest BCUT2D eigenvalue weighted by Crippen LogP contribution is 2.32. The minimum Gasteiger partial charge on any atom is -0.467 e. The van der Waals surface area contributed by atoms with Crippen LogP contribution >= 0.6 is 15.9 Å². The van der Waals surface area contributed by atoms with Crippen molar-refractivity contribution in [3.05, 3.63) is 45.1 Å². The van der Waals surface area contributed by atoms with Crippen molar-refractivity contribution in [1.29, 1.82) is 5.26 Å². The number of hydrogen-bond donors (Lipinski definition) is 1. The Morgan fingerprint density at radius 1 is 1.45 bits per heavy atom. The number of ether oxygens (including phenoxy) is 4. The van der Waals surface area contributed by atoms with Gasteiger partial charge in [-0.05, 0) is 46.6 Å². The Labute approximate surface area is 175 Å². The van der Waals surface area contributed by atoms with Gasteiger partial charge in [-0.15, -0.1) is 0 Å². The van der Waals surface area contributed by atoms with Crippen LogP contribution in [-0.4, -0.2) is 37.6 Å². The SMILES string of the molecule is COCc1c(Br)c(C)nc(OCC(=O)N/N=C\c2ccc3c(c2)OCO3)c1C#N. The van der Waals surface area contributed by atoms with Crippen LogP contribution in [0.3, 0.4) is 0 Å². The molecule has 150 valence electrons. The Balaban J connectivity index is 1.61. The Morgan fingerprint density at radius 3 is 3.00 bits per heavy atom. The molecular formula is C19H17BrN4O5. The Bertz CT molecular complexity index is 1000. The minimum atomic E-state index is -0.499. The van der Waals surface area contributed by atoms with Gasteiger partial charge in [0.05, 0.1) is 18.5 Å². The highest BCUT2D eigenvalue weighted by molar-refractivity contribution is 9.10. The van der Waals surface area contributed by atoms with Gasteiger partial charge in [-0.1, -0.05) is 0 Å². The largest absolute Gasteiger partial charge is 0.467 e. The van der Waals surface area contributed by atoms with Crippen LogP contribution in [0.15, 0.2) is 27.8 Å². The first-order chi connectivity index (χ1) is 14.0. The molecule has 1 N–H and O–H groups in total. The van der Waals surface area contributed by atoms with Crippen molar-refractivity contribution in [2.24, 2.45) is 5.10 Å². The highest BCUT2D eigenvalue weighted by Gasteiger charge is 2.18. The summed E-state index contributed by atoms with van der Waals surface area (Å²) in [4.78, 5) is 16.2. The van der Waals surface area contributed by atoms with Gasteiger partial charge in [-0.2, -0.15) is 10.4 Å². The maximum atomic E-state index is 12.0. The van der Waals surface area contributed by atoms with Crippen molar-refractivity contribution in [1.82, 2.24) is 10.4 Å². The molecule has 3 rings (SSSR count). The van der Waals surface area contributed by atoms with Crippen molar-refractivity contribution in [3.63, 3.8) is 0 Å². The zero-order valence-corrected chi connectivity index (χ0v) is 17.3. The lowest BCUT2D eigenvalue weighted by Gasteiger charge is -2.13. The van der Waals surface area contributed by atoms with Crippen molar-refractivity contribution in [2.75, 3.05) is 20.5 Å². The fourth-order valence-electron chi connectivity index (χ4n) is 2.55. The number of nitrogens with one attached hydrogen (secondary N) is 1. The van der Waals surface area contributed by atoms with E-state index in [1.807, 2.05) is 6.07 Å². The van der Waals surface area contributed by atoms with E-state index < -0.39 is 5.91 Å². The van der Waals surface area contributed by atoms with Crippen molar-refractivity contribution in [2.45, 2.75) is 13.5 Å². The predicted octanol–water partition coefficient (Wildman–Crippen LogP) is 2.43. The quantitative estimate of drug-likeness (QED) is 0.498. The summed E-state index contributed by atoms with van der Waals surface area (Å²) < 4.78 is 21.8. The maximum Gasteiger partial charge on any atom is 0.278 e. The molecule has 0 aliphatic carbocycles. The first-order valence-electron chi connectivity index (χ1n) is 8.45. The predicted molar refractivity (Wildman–Crippen MR) is 106 cm³/mol. The molecule has 0 atom stereocenters. The highest BCUT2D eigenvalue weighted by atomic mass is 79.9. The first kappa shape index (κ1) is 20.6. The first-order valence-corrected chi connectivity index (χ1v) is 9.25. The van der Waals surface area contributed by atoms with Crippen LogP contribution < -0.4 is 19.6 Å². The monoisotopic (exact) mass is 460 g/mol. The van der Waals surface area contributed by atoms with E-state index in [2.05, 4.69) is 31.4 Å². The molecule has 1 aliphatic heterocycles. The lowest BCUT2D eigenvalue weighted by molar-refractivity contribution is -0.123. The normalized spacial score (nSPS) is 12.1. The second-order valence-electron chi connectivity index (χ2n) is 5.91. The molecule has 0 unspecified atom stereocenters. The molecule has 1 aliphatic rings. The number of carbonyl (C=O) groups excluding carboxylic acids is 1. The third kappa shape index (κ3) is 4.82. The number of fused-ring (bicyclic) bond motifs is 1. The van der Waals surface area contributed by atoms with Gasteiger partial charge in [0.15, 0.2) is 18.1 Å². The van der Waals surface area contributed by atoms with Gasteiger partial charge in [0.25, 0.3) is 5.91 Å². The van der Waals surface area contributed by atoms with Crippen LogP contribution in [-0.2, 0) is 16.1 Å². The summed E-state index contributed by atoms with van der Waals surface area (Å²) >= 11 is 3.40. The molecule has 0 fully saturated rings. The molecular weight excluding hydrogens is 444 g/mol. The number of nitrogens with zero attached hydrogens (tertiary/aromatic N) is 3. The second kappa shape index (κ2) is 9.36. The van der Waals surface area contributed by atoms with Crippen LogP contribution in [0.1, 0.15) is 22.4 Å². The molecule has 1 amide bonds. The van der Waals surface area contributed by atoms with E-state index in [4.69, 9.17) is 18.9 Å². The number of rotatable bonds is 7. The van der Waals surface area contributed by atoms with Gasteiger partial charge in [-0.3, -0.25) is 4.79 Å². The molecule has 0 saturated heterocycles. The summed E-state index contributed by atoms with van der Waals surface area (Å²) in [6, 6.07) is 7.34. The van der Waals surface area contributed by atoms with Crippen molar-refractivity contribution >= 4 is 28.1 Å². The molecule has 0 radical (unpaired) electrons. The number of hydrogen-bond acceptors (Lipinski definition) is 8. The van der Waals surface area contributed by atoms with E-state index in [0.717, 1.165) is 5.56 Å². The fourth-order valence-corrected chi connectivity index (χ4v) is 2.95. The van der Waals surface area contributed by atoms with Crippen LogP contribution in [0, 0.1) is 18.3 Å². The summed E-state index contributed by atoms with van der Waals surface area (Å²) in [5, 5.41) is 13.3. The summed E-state index contributed by atoms with van der Waals surface area (Å²) in [7, 11) is 1.52. The number of amides is 1. The Hall–Kier alpha value is -3.16. The molecule has 9 nitrogen and oxygen atoms in total. The van der Waals surface area contributed by atoms with E-state index in [1.54, 1.807) is 25.1 Å². The lowest BCUT2D eigenvalue weighted by atomic mass is 10.1. The maximum absolute atomic E-state index is 12.0. The Kier molecular flexibility index (Phi) is 6.64. The van der Waals surface area contributed by atoms with Crippen LogP contribution in [0.4, 0.5) is 0 Å². The van der Waals surface area contributed by atoms with Crippen LogP contribution in [0.2, 0.25) is 0 Å². The molecule has 1 aromatic heterocycles.